The van der Waals surface area contributed by atoms with Crippen LogP contribution in [-0.2, 0) is 4.84 Å². The molecule has 0 aromatic heterocycles. The highest BCUT2D eigenvalue weighted by Gasteiger charge is 2.10. The highest BCUT2D eigenvalue weighted by atomic mass is 35.5. The van der Waals surface area contributed by atoms with Crippen molar-refractivity contribution in [1.82, 2.24) is 0 Å². The summed E-state index contributed by atoms with van der Waals surface area (Å²) in [6.45, 7) is 7.64. The molecule has 0 spiro atoms. The van der Waals surface area contributed by atoms with Crippen molar-refractivity contribution in [2.45, 2.75) is 46.5 Å². The van der Waals surface area contributed by atoms with Crippen LogP contribution in [0.15, 0.2) is 27.9 Å². The van der Waals surface area contributed by atoms with E-state index in [0.717, 1.165) is 31.4 Å². The number of unbranched alkanes of at least 4 members (excludes halogenated alkanes) is 2. The van der Waals surface area contributed by atoms with Gasteiger partial charge in [-0.1, -0.05) is 65.4 Å². The molecule has 8 heteroatoms. The molecule has 158 valence electrons. The molecule has 0 atom stereocenters. The van der Waals surface area contributed by atoms with Crippen LogP contribution < -0.4 is 9.47 Å². The number of hydrogen-bond donors (Lipinski definition) is 0. The summed E-state index contributed by atoms with van der Waals surface area (Å²) < 4.78 is 11.3. The summed E-state index contributed by atoms with van der Waals surface area (Å²) in [5, 5.41) is 4.89. The summed E-state index contributed by atoms with van der Waals surface area (Å²) in [5.41, 5.74) is 1.02. The lowest BCUT2D eigenvalue weighted by Gasteiger charge is -2.12. The molecular weight excluding hydrogens is 444 g/mol. The first-order valence-electron chi connectivity index (χ1n) is 9.20. The average molecular weight is 471 g/mol. The van der Waals surface area contributed by atoms with Crippen LogP contribution in [0.2, 0.25) is 10.0 Å². The first kappa shape index (κ1) is 25.2. The third kappa shape index (κ3) is 11.3. The van der Waals surface area contributed by atoms with Crippen LogP contribution in [-0.4, -0.2) is 25.5 Å². The summed E-state index contributed by atoms with van der Waals surface area (Å²) in [6.07, 6.45) is 5.21. The van der Waals surface area contributed by atoms with Gasteiger partial charge in [0.1, 0.15) is 23.5 Å². The second-order valence-electron chi connectivity index (χ2n) is 6.69. The molecule has 0 bridgehead atoms. The molecule has 0 aliphatic carbocycles. The molecule has 0 unspecified atom stereocenters. The van der Waals surface area contributed by atoms with Crippen LogP contribution in [0.25, 0.3) is 0 Å². The lowest BCUT2D eigenvalue weighted by atomic mass is 10.1. The monoisotopic (exact) mass is 469 g/mol. The fourth-order valence-corrected chi connectivity index (χ4v) is 3.06. The van der Waals surface area contributed by atoms with Crippen molar-refractivity contribution >= 4 is 52.1 Å². The zero-order valence-corrected chi connectivity index (χ0v) is 19.5. The first-order chi connectivity index (χ1) is 13.3. The molecule has 0 radical (unpaired) electrons. The van der Waals surface area contributed by atoms with Crippen LogP contribution in [0, 0.1) is 5.92 Å². The lowest BCUT2D eigenvalue weighted by molar-refractivity contribution is 0.137. The molecule has 1 aromatic carbocycles. The van der Waals surface area contributed by atoms with Gasteiger partial charge < -0.3 is 14.3 Å². The highest BCUT2D eigenvalue weighted by Crippen LogP contribution is 2.37. The lowest BCUT2D eigenvalue weighted by Crippen LogP contribution is -2.02. The second kappa shape index (κ2) is 14.2. The fraction of sp³-hybridized carbons (Fsp3) is 0.550. The van der Waals surface area contributed by atoms with E-state index in [1.807, 2.05) is 6.92 Å². The predicted octanol–water partition coefficient (Wildman–Crippen LogP) is 7.68. The van der Waals surface area contributed by atoms with Gasteiger partial charge in [-0.2, -0.15) is 0 Å². The molecule has 0 aliphatic heterocycles. The van der Waals surface area contributed by atoms with Gasteiger partial charge >= 0.3 is 0 Å². The molecule has 0 saturated carbocycles. The minimum atomic E-state index is 0.139. The fourth-order valence-electron chi connectivity index (χ4n) is 2.36. The summed E-state index contributed by atoms with van der Waals surface area (Å²) in [5.74, 6) is 1.55. The number of nitrogens with zero attached hydrogens (tertiary/aromatic N) is 1. The SMILES string of the molecule is CC(CC(C)C)=NOCCCCCOc1c(Cl)cc(OCC=C(Cl)Cl)cc1Cl. The molecular formula is C20H27Cl4NO3. The van der Waals surface area contributed by atoms with Gasteiger partial charge in [0.05, 0.1) is 22.4 Å². The molecule has 0 amide bonds. The van der Waals surface area contributed by atoms with Gasteiger partial charge in [-0.15, -0.1) is 0 Å². The van der Waals surface area contributed by atoms with Crippen molar-refractivity contribution in [2.75, 3.05) is 19.8 Å². The van der Waals surface area contributed by atoms with Crippen LogP contribution in [0.1, 0.15) is 46.5 Å². The van der Waals surface area contributed by atoms with Crippen LogP contribution in [0.4, 0.5) is 0 Å². The largest absolute Gasteiger partial charge is 0.490 e. The van der Waals surface area contributed by atoms with Crippen molar-refractivity contribution in [3.63, 3.8) is 0 Å². The van der Waals surface area contributed by atoms with Gasteiger partial charge in [-0.25, -0.2) is 0 Å². The Balaban J connectivity index is 2.29. The maximum Gasteiger partial charge on any atom is 0.156 e. The summed E-state index contributed by atoms with van der Waals surface area (Å²) in [4.78, 5) is 5.33. The number of halogens is 4. The molecule has 1 rings (SSSR count). The maximum atomic E-state index is 6.23. The Hall–Kier alpha value is -0.810. The Kier molecular flexibility index (Phi) is 12.8. The standard InChI is InChI=1S/C20H27Cl4NO3/c1-14(2)11-15(3)25-28-9-6-4-5-8-27-20-17(21)12-16(13-18(20)22)26-10-7-19(23)24/h7,12-14H,4-6,8-11H2,1-3H3. The van der Waals surface area contributed by atoms with Crippen molar-refractivity contribution in [3.05, 3.63) is 32.7 Å². The topological polar surface area (TPSA) is 40.0 Å². The maximum absolute atomic E-state index is 6.23. The van der Waals surface area contributed by atoms with Gasteiger partial charge in [0.25, 0.3) is 0 Å². The number of oxime groups is 1. The van der Waals surface area contributed by atoms with E-state index in [0.29, 0.717) is 40.7 Å². The van der Waals surface area contributed by atoms with E-state index in [1.165, 1.54) is 6.08 Å². The van der Waals surface area contributed by atoms with Crippen LogP contribution in [0.5, 0.6) is 11.5 Å². The highest BCUT2D eigenvalue weighted by molar-refractivity contribution is 6.55. The van der Waals surface area contributed by atoms with E-state index in [-0.39, 0.29) is 11.1 Å². The number of hydrogen-bond acceptors (Lipinski definition) is 4. The summed E-state index contributed by atoms with van der Waals surface area (Å²) in [6, 6.07) is 3.29. The summed E-state index contributed by atoms with van der Waals surface area (Å²) >= 11 is 23.5. The molecule has 0 N–H and O–H groups in total. The van der Waals surface area contributed by atoms with E-state index in [9.17, 15) is 0 Å². The Labute approximate surface area is 187 Å². The van der Waals surface area contributed by atoms with Gasteiger partial charge in [0.15, 0.2) is 5.75 Å². The molecule has 0 fully saturated rings. The molecule has 4 nitrogen and oxygen atoms in total. The Morgan fingerprint density at radius 2 is 1.68 bits per heavy atom. The number of benzene rings is 1. The first-order valence-corrected chi connectivity index (χ1v) is 10.7. The second-order valence-corrected chi connectivity index (χ2v) is 8.51. The zero-order chi connectivity index (χ0) is 20.9. The van der Waals surface area contributed by atoms with Crippen LogP contribution >= 0.6 is 46.4 Å². The minimum absolute atomic E-state index is 0.139. The van der Waals surface area contributed by atoms with E-state index < -0.39 is 0 Å². The van der Waals surface area contributed by atoms with Gasteiger partial charge in [-0.3, -0.25) is 0 Å². The smallest absolute Gasteiger partial charge is 0.156 e. The minimum Gasteiger partial charge on any atom is -0.490 e. The van der Waals surface area contributed by atoms with Crippen molar-refractivity contribution in [1.29, 1.82) is 0 Å². The molecule has 1 aromatic rings. The molecule has 28 heavy (non-hydrogen) atoms. The predicted molar refractivity (Wildman–Crippen MR) is 120 cm³/mol. The third-order valence-electron chi connectivity index (χ3n) is 3.51. The van der Waals surface area contributed by atoms with Crippen LogP contribution in [0.3, 0.4) is 0 Å². The van der Waals surface area contributed by atoms with E-state index >= 15 is 0 Å². The van der Waals surface area contributed by atoms with Gasteiger partial charge in [0.2, 0.25) is 0 Å². The van der Waals surface area contributed by atoms with E-state index in [2.05, 4.69) is 19.0 Å². The summed E-state index contributed by atoms with van der Waals surface area (Å²) in [7, 11) is 0. The number of ether oxygens (including phenoxy) is 2. The normalized spacial score (nSPS) is 11.5. The average Bonchev–Trinajstić information content (AvgIpc) is 2.58. The van der Waals surface area contributed by atoms with Crippen molar-refractivity contribution in [2.24, 2.45) is 11.1 Å². The quantitative estimate of drug-likeness (QED) is 0.168. The molecule has 0 saturated heterocycles. The van der Waals surface area contributed by atoms with E-state index in [4.69, 9.17) is 60.7 Å². The molecule has 0 aliphatic rings. The number of rotatable bonds is 13. The third-order valence-corrected chi connectivity index (χ3v) is 4.38. The Morgan fingerprint density at radius 1 is 1.04 bits per heavy atom. The Morgan fingerprint density at radius 3 is 2.29 bits per heavy atom. The molecule has 0 heterocycles. The van der Waals surface area contributed by atoms with Gasteiger partial charge in [0, 0.05) is 12.1 Å². The van der Waals surface area contributed by atoms with Gasteiger partial charge in [-0.05, 0) is 44.6 Å². The van der Waals surface area contributed by atoms with Crippen molar-refractivity contribution in [3.8, 4) is 11.5 Å². The van der Waals surface area contributed by atoms with Crippen molar-refractivity contribution < 1.29 is 14.3 Å². The zero-order valence-electron chi connectivity index (χ0n) is 16.4. The Bertz CT molecular complexity index is 636. The van der Waals surface area contributed by atoms with E-state index in [1.54, 1.807) is 12.1 Å².